The lowest BCUT2D eigenvalue weighted by Gasteiger charge is -2.29. The molecule has 2 aliphatic rings. The average Bonchev–Trinajstić information content (AvgIpc) is 3.52. The molecule has 2 saturated heterocycles. The second-order valence-corrected chi connectivity index (χ2v) is 13.2. The van der Waals surface area contributed by atoms with Crippen LogP contribution in [0.5, 0.6) is 0 Å². The first-order valence-corrected chi connectivity index (χ1v) is 15.5. The number of hydrogen-bond acceptors (Lipinski definition) is 7. The molecule has 0 spiro atoms. The molecule has 12 heteroatoms. The van der Waals surface area contributed by atoms with E-state index in [0.717, 1.165) is 5.69 Å². The summed E-state index contributed by atoms with van der Waals surface area (Å²) in [4.78, 5) is 57.9. The first-order valence-electron chi connectivity index (χ1n) is 14.1. The van der Waals surface area contributed by atoms with E-state index < -0.39 is 40.6 Å². The van der Waals surface area contributed by atoms with Crippen LogP contribution in [0.4, 0.5) is 5.69 Å². The van der Waals surface area contributed by atoms with Crippen molar-refractivity contribution in [2.75, 3.05) is 38.6 Å². The molecule has 0 saturated carbocycles. The highest BCUT2D eigenvalue weighted by molar-refractivity contribution is 7.89. The Labute approximate surface area is 247 Å². The number of benzene rings is 2. The van der Waals surface area contributed by atoms with Gasteiger partial charge in [0.1, 0.15) is 12.1 Å². The van der Waals surface area contributed by atoms with E-state index in [0.29, 0.717) is 24.0 Å². The zero-order chi connectivity index (χ0) is 30.8. The van der Waals surface area contributed by atoms with Gasteiger partial charge >= 0.3 is 0 Å². The first-order chi connectivity index (χ1) is 19.8. The van der Waals surface area contributed by atoms with Gasteiger partial charge in [-0.25, -0.2) is 13.1 Å². The number of sulfonamides is 1. The van der Waals surface area contributed by atoms with Gasteiger partial charge in [0, 0.05) is 31.9 Å². The largest absolute Gasteiger partial charge is 0.378 e. The number of ketones is 1. The van der Waals surface area contributed by atoms with Crippen LogP contribution < -0.4 is 14.9 Å². The minimum atomic E-state index is -3.93. The highest BCUT2D eigenvalue weighted by atomic mass is 32.2. The molecular weight excluding hydrogens is 558 g/mol. The number of amides is 3. The minimum Gasteiger partial charge on any atom is -0.378 e. The lowest BCUT2D eigenvalue weighted by molar-refractivity contribution is -0.138. The number of rotatable bonds is 10. The lowest BCUT2D eigenvalue weighted by Crippen LogP contribution is -2.53. The number of nitrogens with one attached hydrogen (secondary N) is 2. The van der Waals surface area contributed by atoms with Crippen LogP contribution in [0.15, 0.2) is 53.4 Å². The summed E-state index contributed by atoms with van der Waals surface area (Å²) in [6, 6.07) is 11.3. The Kier molecular flexibility index (Phi) is 9.37. The minimum absolute atomic E-state index is 0.0812. The summed E-state index contributed by atoms with van der Waals surface area (Å²) in [5.74, 6) is -1.47. The van der Waals surface area contributed by atoms with Gasteiger partial charge in [-0.15, -0.1) is 0 Å². The van der Waals surface area contributed by atoms with Crippen molar-refractivity contribution in [2.45, 2.75) is 56.6 Å². The van der Waals surface area contributed by atoms with E-state index in [4.69, 9.17) is 0 Å². The van der Waals surface area contributed by atoms with Crippen molar-refractivity contribution in [3.63, 3.8) is 0 Å². The highest BCUT2D eigenvalue weighted by Gasteiger charge is 2.52. The van der Waals surface area contributed by atoms with E-state index in [1.165, 1.54) is 15.9 Å². The monoisotopic (exact) mass is 597 g/mol. The Morgan fingerprint density at radius 2 is 1.69 bits per heavy atom. The number of likely N-dealkylation sites (tertiary alicyclic amines) is 2. The van der Waals surface area contributed by atoms with Gasteiger partial charge in [0.05, 0.1) is 24.0 Å². The molecule has 0 aromatic heterocycles. The summed E-state index contributed by atoms with van der Waals surface area (Å²) in [6.45, 7) is 5.11. The van der Waals surface area contributed by atoms with Crippen LogP contribution in [0.25, 0.3) is 0 Å². The zero-order valence-corrected chi connectivity index (χ0v) is 25.5. The summed E-state index contributed by atoms with van der Waals surface area (Å²) in [5.41, 5.74) is 1.90. The molecular formula is C30H39N5O6S. The van der Waals surface area contributed by atoms with Crippen LogP contribution >= 0.6 is 0 Å². The second kappa shape index (κ2) is 12.6. The van der Waals surface area contributed by atoms with Gasteiger partial charge in [-0.05, 0) is 61.6 Å². The van der Waals surface area contributed by atoms with Crippen LogP contribution in [-0.4, -0.2) is 93.6 Å². The maximum atomic E-state index is 13.8. The fourth-order valence-electron chi connectivity index (χ4n) is 5.63. The number of carbonyl (C=O) groups is 4. The Morgan fingerprint density at radius 3 is 2.31 bits per heavy atom. The lowest BCUT2D eigenvalue weighted by atomic mass is 10.0. The van der Waals surface area contributed by atoms with E-state index in [2.05, 4.69) is 10.0 Å². The molecule has 2 fully saturated rings. The molecule has 0 radical (unpaired) electrons. The fourth-order valence-corrected chi connectivity index (χ4v) is 6.85. The molecule has 2 heterocycles. The van der Waals surface area contributed by atoms with Crippen molar-refractivity contribution < 1.29 is 27.6 Å². The van der Waals surface area contributed by atoms with Crippen LogP contribution in [0.2, 0.25) is 0 Å². The van der Waals surface area contributed by atoms with Crippen LogP contribution in [0.3, 0.4) is 0 Å². The van der Waals surface area contributed by atoms with E-state index in [1.54, 1.807) is 37.3 Å². The van der Waals surface area contributed by atoms with Crippen LogP contribution in [-0.2, 0) is 24.4 Å². The maximum absolute atomic E-state index is 13.8. The third-order valence-corrected chi connectivity index (χ3v) is 9.34. The van der Waals surface area contributed by atoms with E-state index in [-0.39, 0.29) is 41.5 Å². The van der Waals surface area contributed by atoms with Gasteiger partial charge in [0.15, 0.2) is 5.78 Å². The SMILES string of the molecule is Cc1ccccc1S(=O)(=O)NCC(=O)N1CC(=O)[C@@H]2[C@H]1CCN2C(=O)[C@H](CC(C)C)NC(=O)c1ccc(N(C)C)cc1. The van der Waals surface area contributed by atoms with Crippen molar-refractivity contribution in [2.24, 2.45) is 5.92 Å². The molecule has 4 rings (SSSR count). The number of hydrogen-bond donors (Lipinski definition) is 2. The molecule has 2 aromatic rings. The summed E-state index contributed by atoms with van der Waals surface area (Å²) in [5, 5.41) is 2.86. The molecule has 2 aliphatic heterocycles. The molecule has 226 valence electrons. The predicted octanol–water partition coefficient (Wildman–Crippen LogP) is 1.56. The summed E-state index contributed by atoms with van der Waals surface area (Å²) < 4.78 is 27.9. The van der Waals surface area contributed by atoms with Gasteiger partial charge in [0.2, 0.25) is 21.8 Å². The van der Waals surface area contributed by atoms with Crippen molar-refractivity contribution in [3.8, 4) is 0 Å². The molecule has 2 aromatic carbocycles. The standard InChI is InChI=1S/C30H39N5O6S/c1-19(2)16-23(32-29(38)21-10-12-22(13-11-21)33(4)5)30(39)34-15-14-24-28(34)25(36)18-35(24)27(37)17-31-42(40,41)26-9-7-6-8-20(26)3/h6-13,19,23-24,28,31H,14-18H2,1-5H3,(H,32,38)/t23-,24+,28-/m0/s1. The number of nitrogens with zero attached hydrogens (tertiary/aromatic N) is 3. The predicted molar refractivity (Wildman–Crippen MR) is 158 cm³/mol. The van der Waals surface area contributed by atoms with E-state index >= 15 is 0 Å². The average molecular weight is 598 g/mol. The molecule has 0 unspecified atom stereocenters. The van der Waals surface area contributed by atoms with E-state index in [9.17, 15) is 27.6 Å². The summed E-state index contributed by atoms with van der Waals surface area (Å²) in [7, 11) is -0.126. The number of carbonyl (C=O) groups excluding carboxylic acids is 4. The second-order valence-electron chi connectivity index (χ2n) is 11.5. The topological polar surface area (TPSA) is 136 Å². The molecule has 3 amide bonds. The Balaban J connectivity index is 1.44. The number of aryl methyl sites for hydroxylation is 1. The summed E-state index contributed by atoms with van der Waals surface area (Å²) in [6.07, 6.45) is 0.762. The zero-order valence-electron chi connectivity index (χ0n) is 24.7. The van der Waals surface area contributed by atoms with Crippen molar-refractivity contribution in [1.29, 1.82) is 0 Å². The first kappa shape index (κ1) is 31.2. The van der Waals surface area contributed by atoms with Gasteiger partial charge < -0.3 is 20.0 Å². The van der Waals surface area contributed by atoms with Crippen LogP contribution in [0, 0.1) is 12.8 Å². The quantitative estimate of drug-likeness (QED) is 0.424. The Hall–Kier alpha value is -3.77. The molecule has 11 nitrogen and oxygen atoms in total. The molecule has 0 bridgehead atoms. The third kappa shape index (κ3) is 6.65. The highest BCUT2D eigenvalue weighted by Crippen LogP contribution is 2.31. The fraction of sp³-hybridized carbons (Fsp3) is 0.467. The van der Waals surface area contributed by atoms with Gasteiger partial charge in [0.25, 0.3) is 5.91 Å². The van der Waals surface area contributed by atoms with Gasteiger partial charge in [-0.3, -0.25) is 19.2 Å². The molecule has 2 N–H and O–H groups in total. The normalized spacial score (nSPS) is 19.1. The summed E-state index contributed by atoms with van der Waals surface area (Å²) >= 11 is 0. The molecule has 3 atom stereocenters. The van der Waals surface area contributed by atoms with Crippen molar-refractivity contribution in [3.05, 3.63) is 59.7 Å². The van der Waals surface area contributed by atoms with Crippen molar-refractivity contribution in [1.82, 2.24) is 19.8 Å². The van der Waals surface area contributed by atoms with Crippen LogP contribution in [0.1, 0.15) is 42.6 Å². The Morgan fingerprint density at radius 1 is 1.02 bits per heavy atom. The Bertz CT molecular complexity index is 1460. The van der Waals surface area contributed by atoms with Gasteiger partial charge in [-0.2, -0.15) is 0 Å². The van der Waals surface area contributed by atoms with Gasteiger partial charge in [-0.1, -0.05) is 32.0 Å². The number of fused-ring (bicyclic) bond motifs is 1. The van der Waals surface area contributed by atoms with Crippen molar-refractivity contribution >= 4 is 39.2 Å². The maximum Gasteiger partial charge on any atom is 0.251 e. The smallest absolute Gasteiger partial charge is 0.251 e. The molecule has 42 heavy (non-hydrogen) atoms. The number of anilines is 1. The molecule has 0 aliphatic carbocycles. The third-order valence-electron chi connectivity index (χ3n) is 7.78. The number of Topliss-reactive ketones (excluding diaryl/α,β-unsaturated/α-hetero) is 1. The van der Waals surface area contributed by atoms with E-state index in [1.807, 2.05) is 45.0 Å².